The van der Waals surface area contributed by atoms with Gasteiger partial charge in [-0.3, -0.25) is 4.90 Å². The molecule has 3 nitrogen and oxygen atoms in total. The summed E-state index contributed by atoms with van der Waals surface area (Å²) in [6, 6.07) is 9.38. The highest BCUT2D eigenvalue weighted by molar-refractivity contribution is 7.15. The largest absolute Gasteiger partial charge is 0.375 e. The smallest absolute Gasteiger partial charge is 0.180 e. The Labute approximate surface area is 124 Å². The molecule has 0 amide bonds. The summed E-state index contributed by atoms with van der Waals surface area (Å²) in [5, 5.41) is 0.669. The number of hydrogen-bond acceptors (Lipinski definition) is 4. The van der Waals surface area contributed by atoms with Crippen LogP contribution in [0.3, 0.4) is 0 Å². The van der Waals surface area contributed by atoms with Crippen molar-refractivity contribution in [2.75, 3.05) is 12.3 Å². The monoisotopic (exact) mass is 287 g/mol. The zero-order valence-corrected chi connectivity index (χ0v) is 12.9. The molecule has 1 fully saturated rings. The van der Waals surface area contributed by atoms with E-state index in [1.54, 1.807) is 11.3 Å². The number of aryl methyl sites for hydroxylation is 1. The van der Waals surface area contributed by atoms with Crippen LogP contribution in [0.1, 0.15) is 35.3 Å². The lowest BCUT2D eigenvalue weighted by atomic mass is 9.93. The van der Waals surface area contributed by atoms with Crippen molar-refractivity contribution in [3.05, 3.63) is 46.5 Å². The van der Waals surface area contributed by atoms with Crippen LogP contribution in [0.25, 0.3) is 0 Å². The molecule has 106 valence electrons. The standard InChI is InChI=1S/C16H21N3S/c1-11-5-3-4-6-15(11)13-7-12(2)19(9-13)10-14-8-18-16(17)20-14/h3-6,8,12-13H,7,9-10H2,1-2H3,(H2,17,18). The number of benzene rings is 1. The van der Waals surface area contributed by atoms with E-state index in [9.17, 15) is 0 Å². The Balaban J connectivity index is 1.72. The Morgan fingerprint density at radius 1 is 1.40 bits per heavy atom. The van der Waals surface area contributed by atoms with Crippen molar-refractivity contribution < 1.29 is 0 Å². The van der Waals surface area contributed by atoms with Gasteiger partial charge in [-0.25, -0.2) is 4.98 Å². The van der Waals surface area contributed by atoms with E-state index in [-0.39, 0.29) is 0 Å². The highest BCUT2D eigenvalue weighted by Gasteiger charge is 2.30. The summed E-state index contributed by atoms with van der Waals surface area (Å²) in [6.45, 7) is 6.64. The summed E-state index contributed by atoms with van der Waals surface area (Å²) >= 11 is 1.60. The molecule has 20 heavy (non-hydrogen) atoms. The van der Waals surface area contributed by atoms with E-state index >= 15 is 0 Å². The van der Waals surface area contributed by atoms with Crippen LogP contribution in [0.15, 0.2) is 30.5 Å². The van der Waals surface area contributed by atoms with E-state index in [0.717, 1.165) is 13.1 Å². The molecule has 1 aromatic carbocycles. The van der Waals surface area contributed by atoms with Crippen molar-refractivity contribution in [2.24, 2.45) is 0 Å². The minimum Gasteiger partial charge on any atom is -0.375 e. The van der Waals surface area contributed by atoms with Crippen LogP contribution in [0.4, 0.5) is 5.13 Å². The Kier molecular flexibility index (Phi) is 3.76. The lowest BCUT2D eigenvalue weighted by Gasteiger charge is -2.19. The molecule has 1 aromatic heterocycles. The lowest BCUT2D eigenvalue weighted by Crippen LogP contribution is -2.26. The molecule has 1 saturated heterocycles. The van der Waals surface area contributed by atoms with Crippen molar-refractivity contribution in [1.82, 2.24) is 9.88 Å². The molecule has 0 spiro atoms. The second-order valence-corrected chi connectivity index (χ2v) is 6.88. The van der Waals surface area contributed by atoms with E-state index in [4.69, 9.17) is 5.73 Å². The molecule has 4 heteroatoms. The van der Waals surface area contributed by atoms with Crippen molar-refractivity contribution in [3.8, 4) is 0 Å². The fourth-order valence-corrected chi connectivity index (χ4v) is 3.89. The number of rotatable bonds is 3. The highest BCUT2D eigenvalue weighted by atomic mass is 32.1. The van der Waals surface area contributed by atoms with Crippen LogP contribution in [0.2, 0.25) is 0 Å². The van der Waals surface area contributed by atoms with Gasteiger partial charge in [-0.15, -0.1) is 11.3 Å². The van der Waals surface area contributed by atoms with Crippen molar-refractivity contribution >= 4 is 16.5 Å². The number of hydrogen-bond donors (Lipinski definition) is 1. The molecular formula is C16H21N3S. The van der Waals surface area contributed by atoms with Gasteiger partial charge < -0.3 is 5.73 Å². The van der Waals surface area contributed by atoms with Gasteiger partial charge in [0, 0.05) is 30.2 Å². The molecule has 3 rings (SSSR count). The molecule has 0 radical (unpaired) electrons. The predicted octanol–water partition coefficient (Wildman–Crippen LogP) is 3.41. The van der Waals surface area contributed by atoms with Gasteiger partial charge in [-0.2, -0.15) is 0 Å². The number of nitrogens with zero attached hydrogens (tertiary/aromatic N) is 2. The zero-order chi connectivity index (χ0) is 14.1. The quantitative estimate of drug-likeness (QED) is 0.940. The van der Waals surface area contributed by atoms with Gasteiger partial charge in [0.05, 0.1) is 0 Å². The van der Waals surface area contributed by atoms with Gasteiger partial charge in [0.1, 0.15) is 0 Å². The minimum absolute atomic E-state index is 0.614. The fourth-order valence-electron chi connectivity index (χ4n) is 3.18. The molecular weight excluding hydrogens is 266 g/mol. The first-order chi connectivity index (χ1) is 9.63. The summed E-state index contributed by atoms with van der Waals surface area (Å²) in [5.41, 5.74) is 8.63. The second kappa shape index (κ2) is 5.54. The third-order valence-corrected chi connectivity index (χ3v) is 5.07. The van der Waals surface area contributed by atoms with Crippen LogP contribution >= 0.6 is 11.3 Å². The number of nitrogens with two attached hydrogens (primary N) is 1. The molecule has 0 aliphatic carbocycles. The first-order valence-corrected chi connectivity index (χ1v) is 7.95. The summed E-state index contributed by atoms with van der Waals surface area (Å²) in [5.74, 6) is 0.650. The SMILES string of the molecule is Cc1ccccc1C1CC(C)N(Cc2cnc(N)s2)C1. The van der Waals surface area contributed by atoms with Gasteiger partial charge in [-0.05, 0) is 37.3 Å². The highest BCUT2D eigenvalue weighted by Crippen LogP contribution is 2.34. The molecule has 2 unspecified atom stereocenters. The molecule has 1 aliphatic rings. The molecule has 2 aromatic rings. The summed E-state index contributed by atoms with van der Waals surface area (Å²) in [7, 11) is 0. The normalized spacial score (nSPS) is 23.3. The first-order valence-electron chi connectivity index (χ1n) is 7.13. The number of likely N-dealkylation sites (tertiary alicyclic amines) is 1. The first kappa shape index (κ1) is 13.6. The lowest BCUT2D eigenvalue weighted by molar-refractivity contribution is 0.261. The van der Waals surface area contributed by atoms with Crippen LogP contribution in [-0.2, 0) is 6.54 Å². The average molecular weight is 287 g/mol. The Morgan fingerprint density at radius 3 is 2.90 bits per heavy atom. The summed E-state index contributed by atoms with van der Waals surface area (Å²) in [4.78, 5) is 7.95. The van der Waals surface area contributed by atoms with E-state index in [2.05, 4.69) is 48.0 Å². The fraction of sp³-hybridized carbons (Fsp3) is 0.438. The van der Waals surface area contributed by atoms with Crippen LogP contribution in [-0.4, -0.2) is 22.5 Å². The average Bonchev–Trinajstić information content (AvgIpc) is 2.98. The Bertz CT molecular complexity index is 593. The van der Waals surface area contributed by atoms with Crippen LogP contribution in [0.5, 0.6) is 0 Å². The van der Waals surface area contributed by atoms with Gasteiger partial charge in [0.25, 0.3) is 0 Å². The summed E-state index contributed by atoms with van der Waals surface area (Å²) in [6.07, 6.45) is 3.15. The van der Waals surface area contributed by atoms with E-state index < -0.39 is 0 Å². The van der Waals surface area contributed by atoms with Crippen LogP contribution < -0.4 is 5.73 Å². The Hall–Kier alpha value is -1.39. The molecule has 1 aliphatic heterocycles. The molecule has 2 heterocycles. The summed E-state index contributed by atoms with van der Waals surface area (Å²) < 4.78 is 0. The third kappa shape index (κ3) is 2.72. The predicted molar refractivity (Wildman–Crippen MR) is 84.9 cm³/mol. The van der Waals surface area contributed by atoms with Gasteiger partial charge in [-0.1, -0.05) is 24.3 Å². The maximum absolute atomic E-state index is 5.71. The number of thiazole rings is 1. The maximum Gasteiger partial charge on any atom is 0.180 e. The topological polar surface area (TPSA) is 42.2 Å². The molecule has 0 bridgehead atoms. The van der Waals surface area contributed by atoms with Crippen molar-refractivity contribution in [1.29, 1.82) is 0 Å². The Morgan fingerprint density at radius 2 is 2.20 bits per heavy atom. The van der Waals surface area contributed by atoms with Gasteiger partial charge in [0.15, 0.2) is 5.13 Å². The second-order valence-electron chi connectivity index (χ2n) is 5.73. The van der Waals surface area contributed by atoms with Crippen molar-refractivity contribution in [2.45, 2.75) is 38.8 Å². The third-order valence-electron chi connectivity index (χ3n) is 4.26. The number of anilines is 1. The van der Waals surface area contributed by atoms with Crippen molar-refractivity contribution in [3.63, 3.8) is 0 Å². The zero-order valence-electron chi connectivity index (χ0n) is 12.0. The molecule has 2 N–H and O–H groups in total. The molecule has 0 saturated carbocycles. The van der Waals surface area contributed by atoms with E-state index in [1.165, 1.54) is 22.4 Å². The van der Waals surface area contributed by atoms with Gasteiger partial charge in [0.2, 0.25) is 0 Å². The van der Waals surface area contributed by atoms with Gasteiger partial charge >= 0.3 is 0 Å². The number of aromatic nitrogens is 1. The number of nitrogen functional groups attached to an aromatic ring is 1. The maximum atomic E-state index is 5.71. The van der Waals surface area contributed by atoms with E-state index in [0.29, 0.717) is 17.1 Å². The minimum atomic E-state index is 0.614. The van der Waals surface area contributed by atoms with E-state index in [1.807, 2.05) is 6.20 Å². The molecule has 2 atom stereocenters. The van der Waals surface area contributed by atoms with Crippen LogP contribution in [0, 0.1) is 6.92 Å².